The molecule has 2 N–H and O–H groups in total. The highest BCUT2D eigenvalue weighted by atomic mass is 19.1. The zero-order chi connectivity index (χ0) is 12.4. The summed E-state index contributed by atoms with van der Waals surface area (Å²) in [6.45, 7) is 3.71. The highest BCUT2D eigenvalue weighted by Crippen LogP contribution is 2.21. The standard InChI is InChI=1S/C13H14FN3/c1-8-3-4-10(14)7-11(8)13(15)12-5-6-16-9(2)17-12/h3-7,13H,15H2,1-2H3. The molecule has 1 aromatic carbocycles. The van der Waals surface area contributed by atoms with Gasteiger partial charge in [0.15, 0.2) is 0 Å². The van der Waals surface area contributed by atoms with Gasteiger partial charge in [-0.2, -0.15) is 0 Å². The molecule has 0 aliphatic carbocycles. The lowest BCUT2D eigenvalue weighted by Crippen LogP contribution is -2.15. The summed E-state index contributed by atoms with van der Waals surface area (Å²) in [7, 11) is 0. The smallest absolute Gasteiger partial charge is 0.125 e. The number of nitrogens with zero attached hydrogens (tertiary/aromatic N) is 2. The monoisotopic (exact) mass is 231 g/mol. The van der Waals surface area contributed by atoms with Crippen molar-refractivity contribution in [1.82, 2.24) is 9.97 Å². The first-order valence-corrected chi connectivity index (χ1v) is 5.39. The number of halogens is 1. The van der Waals surface area contributed by atoms with E-state index in [4.69, 9.17) is 5.73 Å². The van der Waals surface area contributed by atoms with Crippen molar-refractivity contribution in [2.45, 2.75) is 19.9 Å². The maximum Gasteiger partial charge on any atom is 0.125 e. The summed E-state index contributed by atoms with van der Waals surface area (Å²) in [5.74, 6) is 0.374. The Morgan fingerprint density at radius 3 is 2.71 bits per heavy atom. The van der Waals surface area contributed by atoms with Gasteiger partial charge in [0.2, 0.25) is 0 Å². The van der Waals surface area contributed by atoms with Gasteiger partial charge in [-0.15, -0.1) is 0 Å². The lowest BCUT2D eigenvalue weighted by Gasteiger charge is -2.14. The molecule has 2 aromatic rings. The minimum Gasteiger partial charge on any atom is -0.319 e. The van der Waals surface area contributed by atoms with Crippen LogP contribution in [0.15, 0.2) is 30.5 Å². The molecule has 1 atom stereocenters. The Morgan fingerprint density at radius 2 is 2.00 bits per heavy atom. The average Bonchev–Trinajstić information content (AvgIpc) is 2.31. The molecule has 1 heterocycles. The normalized spacial score (nSPS) is 12.5. The third-order valence-electron chi connectivity index (χ3n) is 2.69. The largest absolute Gasteiger partial charge is 0.319 e. The van der Waals surface area contributed by atoms with Crippen molar-refractivity contribution in [3.63, 3.8) is 0 Å². The summed E-state index contributed by atoms with van der Waals surface area (Å²) in [5, 5.41) is 0. The second-order valence-corrected chi connectivity index (χ2v) is 4.01. The predicted octanol–water partition coefficient (Wildman–Crippen LogP) is 2.28. The molecule has 0 saturated carbocycles. The zero-order valence-corrected chi connectivity index (χ0v) is 9.81. The van der Waals surface area contributed by atoms with Crippen LogP contribution in [0.4, 0.5) is 4.39 Å². The van der Waals surface area contributed by atoms with Crippen LogP contribution in [-0.4, -0.2) is 9.97 Å². The summed E-state index contributed by atoms with van der Waals surface area (Å²) >= 11 is 0. The first-order chi connectivity index (χ1) is 8.08. The molecule has 1 unspecified atom stereocenters. The molecule has 0 amide bonds. The van der Waals surface area contributed by atoms with E-state index >= 15 is 0 Å². The molecule has 0 aliphatic heterocycles. The Morgan fingerprint density at radius 1 is 1.24 bits per heavy atom. The van der Waals surface area contributed by atoms with Gasteiger partial charge in [0.1, 0.15) is 11.6 Å². The van der Waals surface area contributed by atoms with Crippen molar-refractivity contribution in [3.05, 3.63) is 58.9 Å². The number of nitrogens with two attached hydrogens (primary N) is 1. The molecule has 0 saturated heterocycles. The lowest BCUT2D eigenvalue weighted by molar-refractivity contribution is 0.622. The van der Waals surface area contributed by atoms with Crippen LogP contribution in [0.25, 0.3) is 0 Å². The van der Waals surface area contributed by atoms with Gasteiger partial charge in [0.25, 0.3) is 0 Å². The molecule has 0 radical (unpaired) electrons. The van der Waals surface area contributed by atoms with Crippen molar-refractivity contribution in [1.29, 1.82) is 0 Å². The Kier molecular flexibility index (Phi) is 3.15. The molecule has 0 spiro atoms. The SMILES string of the molecule is Cc1nccc(C(N)c2cc(F)ccc2C)n1. The third-order valence-corrected chi connectivity index (χ3v) is 2.69. The number of hydrogen-bond acceptors (Lipinski definition) is 3. The van der Waals surface area contributed by atoms with Crippen LogP contribution in [0.1, 0.15) is 28.7 Å². The van der Waals surface area contributed by atoms with E-state index in [1.165, 1.54) is 12.1 Å². The molecular weight excluding hydrogens is 217 g/mol. The van der Waals surface area contributed by atoms with Crippen molar-refractivity contribution < 1.29 is 4.39 Å². The fourth-order valence-electron chi connectivity index (χ4n) is 1.75. The van der Waals surface area contributed by atoms with E-state index in [9.17, 15) is 4.39 Å². The molecule has 0 bridgehead atoms. The summed E-state index contributed by atoms with van der Waals surface area (Å²) < 4.78 is 13.2. The number of hydrogen-bond donors (Lipinski definition) is 1. The minimum absolute atomic E-state index is 0.285. The van der Waals surface area contributed by atoms with Gasteiger partial charge >= 0.3 is 0 Å². The van der Waals surface area contributed by atoms with E-state index in [0.717, 1.165) is 11.1 Å². The molecule has 1 aromatic heterocycles. The topological polar surface area (TPSA) is 51.8 Å². The van der Waals surface area contributed by atoms with E-state index in [1.807, 2.05) is 6.92 Å². The van der Waals surface area contributed by atoms with E-state index in [-0.39, 0.29) is 5.82 Å². The molecule has 0 aliphatic rings. The van der Waals surface area contributed by atoms with Gasteiger partial charge in [0, 0.05) is 6.20 Å². The fraction of sp³-hybridized carbons (Fsp3) is 0.231. The lowest BCUT2D eigenvalue weighted by atomic mass is 9.99. The third kappa shape index (κ3) is 2.47. The minimum atomic E-state index is -0.424. The van der Waals surface area contributed by atoms with Crippen LogP contribution < -0.4 is 5.73 Å². The van der Waals surface area contributed by atoms with Crippen molar-refractivity contribution in [3.8, 4) is 0 Å². The fourth-order valence-corrected chi connectivity index (χ4v) is 1.75. The van der Waals surface area contributed by atoms with E-state index in [0.29, 0.717) is 11.5 Å². The highest BCUT2D eigenvalue weighted by Gasteiger charge is 2.13. The van der Waals surface area contributed by atoms with Crippen LogP contribution in [0.2, 0.25) is 0 Å². The Labute approximate surface area is 99.5 Å². The van der Waals surface area contributed by atoms with Crippen LogP contribution in [-0.2, 0) is 0 Å². The zero-order valence-electron chi connectivity index (χ0n) is 9.81. The summed E-state index contributed by atoms with van der Waals surface area (Å²) in [5.41, 5.74) is 8.50. The van der Waals surface area contributed by atoms with Gasteiger partial charge in [-0.3, -0.25) is 0 Å². The maximum absolute atomic E-state index is 13.2. The maximum atomic E-state index is 13.2. The van der Waals surface area contributed by atoms with Crippen LogP contribution in [0, 0.1) is 19.7 Å². The quantitative estimate of drug-likeness (QED) is 0.862. The van der Waals surface area contributed by atoms with Crippen LogP contribution in [0.3, 0.4) is 0 Å². The number of aryl methyl sites for hydroxylation is 2. The summed E-state index contributed by atoms with van der Waals surface area (Å²) in [6, 6.07) is 5.93. The number of rotatable bonds is 2. The molecule has 0 fully saturated rings. The summed E-state index contributed by atoms with van der Waals surface area (Å²) in [6.07, 6.45) is 1.66. The predicted molar refractivity (Wildman–Crippen MR) is 63.9 cm³/mol. The van der Waals surface area contributed by atoms with Crippen molar-refractivity contribution in [2.75, 3.05) is 0 Å². The number of aromatic nitrogens is 2. The van der Waals surface area contributed by atoms with Crippen LogP contribution >= 0.6 is 0 Å². The first kappa shape index (κ1) is 11.7. The van der Waals surface area contributed by atoms with E-state index in [2.05, 4.69) is 9.97 Å². The second-order valence-electron chi connectivity index (χ2n) is 4.01. The molecule has 3 nitrogen and oxygen atoms in total. The number of benzene rings is 1. The van der Waals surface area contributed by atoms with Gasteiger partial charge in [-0.25, -0.2) is 14.4 Å². The van der Waals surface area contributed by atoms with Gasteiger partial charge in [-0.1, -0.05) is 6.07 Å². The molecule has 2 rings (SSSR count). The molecular formula is C13H14FN3. The Bertz CT molecular complexity index is 540. The van der Waals surface area contributed by atoms with Crippen LogP contribution in [0.5, 0.6) is 0 Å². The molecule has 4 heteroatoms. The van der Waals surface area contributed by atoms with Gasteiger partial charge in [-0.05, 0) is 43.2 Å². The van der Waals surface area contributed by atoms with Crippen molar-refractivity contribution in [2.24, 2.45) is 5.73 Å². The molecule has 88 valence electrons. The van der Waals surface area contributed by atoms with Gasteiger partial charge < -0.3 is 5.73 Å². The first-order valence-electron chi connectivity index (χ1n) is 5.39. The van der Waals surface area contributed by atoms with E-state index < -0.39 is 6.04 Å². The Hall–Kier alpha value is -1.81. The van der Waals surface area contributed by atoms with E-state index in [1.54, 1.807) is 25.3 Å². The average molecular weight is 231 g/mol. The second kappa shape index (κ2) is 4.59. The van der Waals surface area contributed by atoms with Gasteiger partial charge in [0.05, 0.1) is 11.7 Å². The highest BCUT2D eigenvalue weighted by molar-refractivity contribution is 5.34. The molecule has 17 heavy (non-hydrogen) atoms. The van der Waals surface area contributed by atoms with Crippen molar-refractivity contribution >= 4 is 0 Å². The Balaban J connectivity index is 2.43. The summed E-state index contributed by atoms with van der Waals surface area (Å²) in [4.78, 5) is 8.28.